The number of likely N-dealkylation sites (tertiary alicyclic amines) is 1. The highest BCUT2D eigenvalue weighted by atomic mass is 32.2. The van der Waals surface area contributed by atoms with Crippen molar-refractivity contribution in [1.29, 1.82) is 0 Å². The van der Waals surface area contributed by atoms with E-state index in [9.17, 15) is 13.2 Å². The molecule has 1 saturated heterocycles. The fourth-order valence-corrected chi connectivity index (χ4v) is 5.11. The van der Waals surface area contributed by atoms with Crippen molar-refractivity contribution in [1.82, 2.24) is 19.6 Å². The lowest BCUT2D eigenvalue weighted by atomic mass is 10.1. The second-order valence-electron chi connectivity index (χ2n) is 7.75. The van der Waals surface area contributed by atoms with Crippen LogP contribution >= 0.6 is 0 Å². The molecular formula is C22H26N4O3S. The number of hydrogen-bond donors (Lipinski definition) is 2. The van der Waals surface area contributed by atoms with Gasteiger partial charge in [0.1, 0.15) is 5.82 Å². The van der Waals surface area contributed by atoms with Crippen LogP contribution in [0.2, 0.25) is 0 Å². The Labute approximate surface area is 176 Å². The van der Waals surface area contributed by atoms with E-state index in [4.69, 9.17) is 0 Å². The van der Waals surface area contributed by atoms with Gasteiger partial charge in [0.05, 0.1) is 22.0 Å². The number of carbonyl (C=O) groups is 1. The van der Waals surface area contributed by atoms with Gasteiger partial charge in [-0.3, -0.25) is 4.79 Å². The van der Waals surface area contributed by atoms with E-state index in [-0.39, 0.29) is 22.9 Å². The number of sulfonamides is 1. The van der Waals surface area contributed by atoms with Gasteiger partial charge in [-0.15, -0.1) is 0 Å². The number of nitrogens with one attached hydrogen (secondary N) is 2. The summed E-state index contributed by atoms with van der Waals surface area (Å²) < 4.78 is 27.5. The molecule has 2 aromatic carbocycles. The van der Waals surface area contributed by atoms with Crippen LogP contribution < -0.4 is 4.72 Å². The lowest BCUT2D eigenvalue weighted by molar-refractivity contribution is 0.0730. The van der Waals surface area contributed by atoms with Crippen molar-refractivity contribution < 1.29 is 13.2 Å². The molecule has 1 aliphatic heterocycles. The molecule has 158 valence electrons. The van der Waals surface area contributed by atoms with Gasteiger partial charge >= 0.3 is 0 Å². The van der Waals surface area contributed by atoms with E-state index in [2.05, 4.69) is 14.7 Å². The van der Waals surface area contributed by atoms with Crippen molar-refractivity contribution in [3.63, 3.8) is 0 Å². The molecule has 2 unspecified atom stereocenters. The van der Waals surface area contributed by atoms with Gasteiger partial charge in [0, 0.05) is 18.2 Å². The molecule has 2 N–H and O–H groups in total. The van der Waals surface area contributed by atoms with Crippen LogP contribution in [0.25, 0.3) is 11.0 Å². The van der Waals surface area contributed by atoms with Gasteiger partial charge in [0.25, 0.3) is 5.91 Å². The molecule has 1 aromatic heterocycles. The Kier molecular flexibility index (Phi) is 5.62. The van der Waals surface area contributed by atoms with Crippen LogP contribution in [0.3, 0.4) is 0 Å². The Morgan fingerprint density at radius 2 is 1.97 bits per heavy atom. The Morgan fingerprint density at radius 3 is 2.67 bits per heavy atom. The highest BCUT2D eigenvalue weighted by molar-refractivity contribution is 7.89. The Morgan fingerprint density at radius 1 is 1.23 bits per heavy atom. The molecule has 0 bridgehead atoms. The molecule has 0 saturated carbocycles. The number of hydrogen-bond acceptors (Lipinski definition) is 4. The van der Waals surface area contributed by atoms with Crippen LogP contribution in [-0.4, -0.2) is 41.8 Å². The Bertz CT molecular complexity index is 1120. The van der Waals surface area contributed by atoms with Crippen molar-refractivity contribution in [2.45, 2.75) is 50.1 Å². The molecule has 30 heavy (non-hydrogen) atoms. The van der Waals surface area contributed by atoms with E-state index in [1.165, 1.54) is 12.1 Å². The molecule has 4 rings (SSSR count). The lowest BCUT2D eigenvalue weighted by Gasteiger charge is -2.23. The molecule has 8 heteroatoms. The van der Waals surface area contributed by atoms with Crippen LogP contribution in [0.1, 0.15) is 55.3 Å². The summed E-state index contributed by atoms with van der Waals surface area (Å²) in [5.41, 5.74) is 2.31. The van der Waals surface area contributed by atoms with Crippen LogP contribution in [-0.2, 0) is 10.0 Å². The first-order chi connectivity index (χ1) is 14.4. The quantitative estimate of drug-likeness (QED) is 0.629. The number of aromatic nitrogens is 2. The summed E-state index contributed by atoms with van der Waals surface area (Å²) in [6, 6.07) is 13.7. The second-order valence-corrected chi connectivity index (χ2v) is 9.46. The second kappa shape index (κ2) is 8.20. The molecule has 0 radical (unpaired) electrons. The fraction of sp³-hybridized carbons (Fsp3) is 0.364. The van der Waals surface area contributed by atoms with E-state index in [0.717, 1.165) is 29.7 Å². The largest absolute Gasteiger partial charge is 0.340 e. The highest BCUT2D eigenvalue weighted by Crippen LogP contribution is 2.32. The van der Waals surface area contributed by atoms with E-state index >= 15 is 0 Å². The molecule has 1 fully saturated rings. The van der Waals surface area contributed by atoms with Crippen molar-refractivity contribution in [3.8, 4) is 0 Å². The highest BCUT2D eigenvalue weighted by Gasteiger charge is 2.32. The molecule has 1 amide bonds. The summed E-state index contributed by atoms with van der Waals surface area (Å²) in [4.78, 5) is 23.1. The van der Waals surface area contributed by atoms with Crippen LogP contribution in [0.5, 0.6) is 0 Å². The third-order valence-electron chi connectivity index (χ3n) is 5.62. The van der Waals surface area contributed by atoms with Gasteiger partial charge in [-0.25, -0.2) is 18.1 Å². The average molecular weight is 427 g/mol. The number of amides is 1. The van der Waals surface area contributed by atoms with Crippen molar-refractivity contribution in [2.24, 2.45) is 0 Å². The minimum Gasteiger partial charge on any atom is -0.340 e. The van der Waals surface area contributed by atoms with Crippen molar-refractivity contribution in [3.05, 3.63) is 59.9 Å². The number of para-hydroxylation sites is 2. The summed E-state index contributed by atoms with van der Waals surface area (Å²) in [6.07, 6.45) is 2.45. The molecule has 1 aliphatic rings. The zero-order chi connectivity index (χ0) is 21.3. The van der Waals surface area contributed by atoms with Crippen molar-refractivity contribution >= 4 is 27.0 Å². The smallest absolute Gasteiger partial charge is 0.254 e. The zero-order valence-electron chi connectivity index (χ0n) is 17.1. The Balaban J connectivity index is 1.54. The predicted octanol–water partition coefficient (Wildman–Crippen LogP) is 3.62. The minimum atomic E-state index is -3.59. The number of benzene rings is 2. The standard InChI is InChI=1S/C22H26N4O3S/c1-3-15(2)25-30(28,29)17-12-10-16(11-13-17)22(27)26-14-6-9-20(26)21-23-18-7-4-5-8-19(18)24-21/h4-5,7-8,10-13,15,20,25H,3,6,9,14H2,1-2H3,(H,23,24). The number of aromatic amines is 1. The van der Waals surface area contributed by atoms with E-state index in [1.54, 1.807) is 12.1 Å². The minimum absolute atomic E-state index is 0.111. The summed E-state index contributed by atoms with van der Waals surface area (Å²) in [5, 5.41) is 0. The number of carbonyl (C=O) groups excluding carboxylic acids is 1. The average Bonchev–Trinajstić information content (AvgIpc) is 3.39. The molecule has 3 aromatic rings. The van der Waals surface area contributed by atoms with Gasteiger partial charge in [-0.2, -0.15) is 0 Å². The van der Waals surface area contributed by atoms with Crippen LogP contribution in [0.15, 0.2) is 53.4 Å². The SMILES string of the molecule is CCC(C)NS(=O)(=O)c1ccc(C(=O)N2CCCC2c2nc3ccccc3[nH]2)cc1. The summed E-state index contributed by atoms with van der Waals surface area (Å²) >= 11 is 0. The first kappa shape index (κ1) is 20.6. The number of imidazole rings is 1. The molecule has 0 spiro atoms. The normalized spacial score (nSPS) is 18.1. The maximum atomic E-state index is 13.2. The summed E-state index contributed by atoms with van der Waals surface area (Å²) in [7, 11) is -3.59. The zero-order valence-corrected chi connectivity index (χ0v) is 17.9. The van der Waals surface area contributed by atoms with E-state index < -0.39 is 10.0 Å². The Hall–Kier alpha value is -2.71. The van der Waals surface area contributed by atoms with E-state index in [0.29, 0.717) is 18.5 Å². The van der Waals surface area contributed by atoms with Crippen LogP contribution in [0, 0.1) is 0 Å². The summed E-state index contributed by atoms with van der Waals surface area (Å²) in [5.74, 6) is 0.677. The third-order valence-corrected chi connectivity index (χ3v) is 7.22. The van der Waals surface area contributed by atoms with Gasteiger partial charge in [0.15, 0.2) is 0 Å². The van der Waals surface area contributed by atoms with Gasteiger partial charge in [-0.1, -0.05) is 19.1 Å². The van der Waals surface area contributed by atoms with Gasteiger partial charge < -0.3 is 9.88 Å². The number of nitrogens with zero attached hydrogens (tertiary/aromatic N) is 2. The van der Waals surface area contributed by atoms with Gasteiger partial charge in [0.2, 0.25) is 10.0 Å². The predicted molar refractivity (Wildman–Crippen MR) is 116 cm³/mol. The first-order valence-electron chi connectivity index (χ1n) is 10.3. The van der Waals surface area contributed by atoms with Crippen molar-refractivity contribution in [2.75, 3.05) is 6.54 Å². The molecular weight excluding hydrogens is 400 g/mol. The maximum Gasteiger partial charge on any atom is 0.254 e. The molecule has 7 nitrogen and oxygen atoms in total. The number of fused-ring (bicyclic) bond motifs is 1. The maximum absolute atomic E-state index is 13.2. The molecule has 2 atom stereocenters. The number of rotatable bonds is 6. The lowest BCUT2D eigenvalue weighted by Crippen LogP contribution is -2.32. The van der Waals surface area contributed by atoms with Gasteiger partial charge in [-0.05, 0) is 62.6 Å². The topological polar surface area (TPSA) is 95.2 Å². The monoisotopic (exact) mass is 426 g/mol. The fourth-order valence-electron chi connectivity index (χ4n) is 3.78. The first-order valence-corrected chi connectivity index (χ1v) is 11.8. The third kappa shape index (κ3) is 3.97. The summed E-state index contributed by atoms with van der Waals surface area (Å²) in [6.45, 7) is 4.39. The van der Waals surface area contributed by atoms with Crippen LogP contribution in [0.4, 0.5) is 0 Å². The number of H-pyrrole nitrogens is 1. The molecule has 0 aliphatic carbocycles. The van der Waals surface area contributed by atoms with E-state index in [1.807, 2.05) is 43.0 Å². The molecule has 2 heterocycles.